The van der Waals surface area contributed by atoms with E-state index in [1.54, 1.807) is 0 Å². The first-order valence-corrected chi connectivity index (χ1v) is 10.5. The number of rotatable bonds is 9. The molecule has 1 aromatic carbocycles. The molecule has 0 aromatic heterocycles. The molecule has 0 aliphatic carbocycles. The first-order valence-electron chi connectivity index (χ1n) is 9.04. The minimum Gasteiger partial charge on any atom is -0.379 e. The van der Waals surface area contributed by atoms with Crippen molar-refractivity contribution in [3.05, 3.63) is 28.3 Å². The summed E-state index contributed by atoms with van der Waals surface area (Å²) in [6.45, 7) is 6.96. The lowest BCUT2D eigenvalue weighted by Crippen LogP contribution is -2.47. The van der Waals surface area contributed by atoms with Gasteiger partial charge in [0.15, 0.2) is 0 Å². The second-order valence-electron chi connectivity index (χ2n) is 6.84. The maximum absolute atomic E-state index is 12.8. The summed E-state index contributed by atoms with van der Waals surface area (Å²) in [6.07, 6.45) is 0.829. The van der Waals surface area contributed by atoms with Gasteiger partial charge in [-0.2, -0.15) is 4.31 Å². The Morgan fingerprint density at radius 3 is 2.52 bits per heavy atom. The van der Waals surface area contributed by atoms with Crippen molar-refractivity contribution in [2.75, 3.05) is 51.7 Å². The van der Waals surface area contributed by atoms with E-state index in [0.29, 0.717) is 51.4 Å². The summed E-state index contributed by atoms with van der Waals surface area (Å²) in [5, 5.41) is 14.4. The summed E-state index contributed by atoms with van der Waals surface area (Å²) >= 11 is 0. The molecule has 0 spiro atoms. The fourth-order valence-corrected chi connectivity index (χ4v) is 4.21. The third-order valence-corrected chi connectivity index (χ3v) is 6.25. The van der Waals surface area contributed by atoms with Crippen molar-refractivity contribution in [3.63, 3.8) is 0 Å². The quantitative estimate of drug-likeness (QED) is 0.382. The lowest BCUT2D eigenvalue weighted by atomic mass is 10.2. The summed E-state index contributed by atoms with van der Waals surface area (Å²) in [6, 6.07) is 4.03. The molecule has 9 nitrogen and oxygen atoms in total. The van der Waals surface area contributed by atoms with E-state index >= 15 is 0 Å². The van der Waals surface area contributed by atoms with Gasteiger partial charge < -0.3 is 15.0 Å². The molecular weight excluding hydrogens is 372 g/mol. The molecule has 1 aliphatic rings. The van der Waals surface area contributed by atoms with Gasteiger partial charge in [-0.05, 0) is 39.4 Å². The van der Waals surface area contributed by atoms with Crippen molar-refractivity contribution in [1.29, 1.82) is 0 Å². The molecule has 152 valence electrons. The SMILES string of the molecule is CC(C)OCCCNc1ccc(S(=O)(=O)N2CCN(C)CC2)cc1[N+](=O)[O-]. The van der Waals surface area contributed by atoms with E-state index < -0.39 is 14.9 Å². The average Bonchev–Trinajstić information content (AvgIpc) is 2.61. The zero-order chi connectivity index (χ0) is 20.0. The minimum absolute atomic E-state index is 0.0487. The molecule has 0 bridgehead atoms. The van der Waals surface area contributed by atoms with Crippen LogP contribution in [0.15, 0.2) is 23.1 Å². The largest absolute Gasteiger partial charge is 0.379 e. The summed E-state index contributed by atoms with van der Waals surface area (Å²) in [5.74, 6) is 0. The van der Waals surface area contributed by atoms with Crippen LogP contribution in [-0.2, 0) is 14.8 Å². The van der Waals surface area contributed by atoms with Crippen molar-refractivity contribution in [2.24, 2.45) is 0 Å². The summed E-state index contributed by atoms with van der Waals surface area (Å²) in [7, 11) is -1.81. The second-order valence-corrected chi connectivity index (χ2v) is 8.78. The summed E-state index contributed by atoms with van der Waals surface area (Å²) in [5.41, 5.74) is 0.0665. The van der Waals surface area contributed by atoms with Crippen molar-refractivity contribution in [3.8, 4) is 0 Å². The number of likely N-dealkylation sites (N-methyl/N-ethyl adjacent to an activating group) is 1. The van der Waals surface area contributed by atoms with Crippen LogP contribution >= 0.6 is 0 Å². The van der Waals surface area contributed by atoms with Gasteiger partial charge in [0.2, 0.25) is 10.0 Å². The van der Waals surface area contributed by atoms with Crippen molar-refractivity contribution >= 4 is 21.4 Å². The maximum Gasteiger partial charge on any atom is 0.293 e. The van der Waals surface area contributed by atoms with E-state index in [1.165, 1.54) is 16.4 Å². The zero-order valence-electron chi connectivity index (χ0n) is 16.1. The van der Waals surface area contributed by atoms with E-state index in [1.807, 2.05) is 25.8 Å². The Balaban J connectivity index is 2.11. The number of anilines is 1. The van der Waals surface area contributed by atoms with Crippen LogP contribution in [0.4, 0.5) is 11.4 Å². The van der Waals surface area contributed by atoms with Crippen molar-refractivity contribution in [2.45, 2.75) is 31.3 Å². The number of hydrogen-bond acceptors (Lipinski definition) is 7. The molecule has 2 rings (SSSR count). The fourth-order valence-electron chi connectivity index (χ4n) is 2.76. The number of ether oxygens (including phenoxy) is 1. The highest BCUT2D eigenvalue weighted by atomic mass is 32.2. The van der Waals surface area contributed by atoms with Gasteiger partial charge in [0, 0.05) is 45.4 Å². The predicted octanol–water partition coefficient (Wildman–Crippen LogP) is 1.76. The molecular formula is C17H28N4O5S. The molecule has 0 radical (unpaired) electrons. The Kier molecular flexibility index (Phi) is 7.54. The van der Waals surface area contributed by atoms with Crippen LogP contribution in [0.25, 0.3) is 0 Å². The zero-order valence-corrected chi connectivity index (χ0v) is 16.9. The van der Waals surface area contributed by atoms with Gasteiger partial charge in [-0.3, -0.25) is 10.1 Å². The van der Waals surface area contributed by atoms with Crippen LogP contribution in [0.1, 0.15) is 20.3 Å². The Hall–Kier alpha value is -1.75. The van der Waals surface area contributed by atoms with Crippen LogP contribution < -0.4 is 5.32 Å². The van der Waals surface area contributed by atoms with E-state index in [2.05, 4.69) is 5.32 Å². The monoisotopic (exact) mass is 400 g/mol. The van der Waals surface area contributed by atoms with Crippen LogP contribution in [0.5, 0.6) is 0 Å². The number of piperazine rings is 1. The molecule has 1 heterocycles. The molecule has 1 aliphatic heterocycles. The van der Waals surface area contributed by atoms with E-state index in [-0.39, 0.29) is 16.7 Å². The van der Waals surface area contributed by atoms with E-state index in [0.717, 1.165) is 6.07 Å². The van der Waals surface area contributed by atoms with Gasteiger partial charge >= 0.3 is 0 Å². The van der Waals surface area contributed by atoms with Crippen molar-refractivity contribution in [1.82, 2.24) is 9.21 Å². The number of benzene rings is 1. The van der Waals surface area contributed by atoms with Crippen LogP contribution in [0.2, 0.25) is 0 Å². The van der Waals surface area contributed by atoms with Gasteiger partial charge in [-0.15, -0.1) is 0 Å². The summed E-state index contributed by atoms with van der Waals surface area (Å²) in [4.78, 5) is 12.9. The molecule has 1 N–H and O–H groups in total. The smallest absolute Gasteiger partial charge is 0.293 e. The van der Waals surface area contributed by atoms with Gasteiger partial charge in [0.05, 0.1) is 15.9 Å². The molecule has 1 fully saturated rings. The molecule has 0 atom stereocenters. The standard InChI is InChI=1S/C17H28N4O5S/c1-14(2)26-12-4-7-18-16-6-5-15(13-17(16)21(22)23)27(24,25)20-10-8-19(3)9-11-20/h5-6,13-14,18H,4,7-12H2,1-3H3. The predicted molar refractivity (Wildman–Crippen MR) is 104 cm³/mol. The Morgan fingerprint density at radius 2 is 1.93 bits per heavy atom. The fraction of sp³-hybridized carbons (Fsp3) is 0.647. The number of nitrogens with one attached hydrogen (secondary N) is 1. The lowest BCUT2D eigenvalue weighted by Gasteiger charge is -2.31. The average molecular weight is 401 g/mol. The summed E-state index contributed by atoms with van der Waals surface area (Å²) < 4.78 is 32.4. The van der Waals surface area contributed by atoms with Gasteiger partial charge in [-0.1, -0.05) is 0 Å². The topological polar surface area (TPSA) is 105 Å². The Bertz CT molecular complexity index is 746. The Morgan fingerprint density at radius 1 is 1.26 bits per heavy atom. The third kappa shape index (κ3) is 5.86. The highest BCUT2D eigenvalue weighted by molar-refractivity contribution is 7.89. The molecule has 27 heavy (non-hydrogen) atoms. The molecule has 0 saturated carbocycles. The highest BCUT2D eigenvalue weighted by Crippen LogP contribution is 2.29. The van der Waals surface area contributed by atoms with Crippen LogP contribution in [0, 0.1) is 10.1 Å². The number of nitro groups is 1. The van der Waals surface area contributed by atoms with Crippen LogP contribution in [0.3, 0.4) is 0 Å². The van der Waals surface area contributed by atoms with E-state index in [9.17, 15) is 18.5 Å². The van der Waals surface area contributed by atoms with Gasteiger partial charge in [-0.25, -0.2) is 8.42 Å². The second kappa shape index (κ2) is 9.45. The van der Waals surface area contributed by atoms with Gasteiger partial charge in [0.1, 0.15) is 5.69 Å². The Labute approximate surface area is 160 Å². The number of nitro benzene ring substituents is 1. The van der Waals surface area contributed by atoms with Gasteiger partial charge in [0.25, 0.3) is 5.69 Å². The highest BCUT2D eigenvalue weighted by Gasteiger charge is 2.29. The molecule has 10 heteroatoms. The third-order valence-electron chi connectivity index (χ3n) is 4.35. The normalized spacial score (nSPS) is 16.6. The first kappa shape index (κ1) is 21.5. The maximum atomic E-state index is 12.8. The first-order chi connectivity index (χ1) is 12.7. The van der Waals surface area contributed by atoms with Crippen molar-refractivity contribution < 1.29 is 18.1 Å². The molecule has 0 amide bonds. The molecule has 1 saturated heterocycles. The van der Waals surface area contributed by atoms with Crippen LogP contribution in [-0.4, -0.2) is 75.0 Å². The number of hydrogen-bond donors (Lipinski definition) is 1. The molecule has 1 aromatic rings. The minimum atomic E-state index is -3.74. The number of sulfonamides is 1. The lowest BCUT2D eigenvalue weighted by molar-refractivity contribution is -0.384. The number of nitrogens with zero attached hydrogens (tertiary/aromatic N) is 3. The molecule has 0 unspecified atom stereocenters. The van der Waals surface area contributed by atoms with E-state index in [4.69, 9.17) is 4.74 Å².